The summed E-state index contributed by atoms with van der Waals surface area (Å²) in [5.74, 6) is 0.133. The van der Waals surface area contributed by atoms with Gasteiger partial charge in [-0.05, 0) is 6.92 Å². The van der Waals surface area contributed by atoms with Crippen LogP contribution in [0.15, 0.2) is 18.6 Å². The maximum Gasteiger partial charge on any atom is 0.221 e. The minimum absolute atomic E-state index is 0.133. The number of carbonyl (C=O) groups excluding carboxylic acids is 1. The third-order valence-electron chi connectivity index (χ3n) is 2.91. The second-order valence-electron chi connectivity index (χ2n) is 3.94. The molecule has 16 heavy (non-hydrogen) atoms. The van der Waals surface area contributed by atoms with E-state index in [4.69, 9.17) is 0 Å². The van der Waals surface area contributed by atoms with Gasteiger partial charge in [0.1, 0.15) is 0 Å². The highest BCUT2D eigenvalue weighted by Gasteiger charge is 2.20. The molecule has 0 aliphatic carbocycles. The Morgan fingerprint density at radius 1 is 1.44 bits per heavy atom. The van der Waals surface area contributed by atoms with Crippen LogP contribution in [0.25, 0.3) is 0 Å². The van der Waals surface area contributed by atoms with Gasteiger partial charge in [-0.1, -0.05) is 0 Å². The number of rotatable bonds is 2. The van der Waals surface area contributed by atoms with E-state index in [1.165, 1.54) is 0 Å². The van der Waals surface area contributed by atoms with Gasteiger partial charge in [0.2, 0.25) is 5.91 Å². The largest absolute Gasteiger partial charge is 0.355 e. The fourth-order valence-corrected chi connectivity index (χ4v) is 1.88. The Hall–Kier alpha value is -1.49. The quantitative estimate of drug-likeness (QED) is 0.781. The average Bonchev–Trinajstić information content (AvgIpc) is 2.54. The summed E-state index contributed by atoms with van der Waals surface area (Å²) in [6.07, 6.45) is 5.71. The highest BCUT2D eigenvalue weighted by molar-refractivity contribution is 5.76. The van der Waals surface area contributed by atoms with Gasteiger partial charge >= 0.3 is 0 Å². The molecular formula is C11H16N4O. The Morgan fingerprint density at radius 2 is 2.31 bits per heavy atom. The van der Waals surface area contributed by atoms with Crippen LogP contribution in [0.1, 0.15) is 25.1 Å². The molecule has 1 aliphatic heterocycles. The maximum absolute atomic E-state index is 11.2. The third-order valence-corrected chi connectivity index (χ3v) is 2.91. The van der Waals surface area contributed by atoms with Crippen molar-refractivity contribution in [1.82, 2.24) is 20.2 Å². The van der Waals surface area contributed by atoms with Gasteiger partial charge in [-0.3, -0.25) is 19.7 Å². The first-order valence-electron chi connectivity index (χ1n) is 5.54. The summed E-state index contributed by atoms with van der Waals surface area (Å²) < 4.78 is 0. The zero-order chi connectivity index (χ0) is 11.4. The van der Waals surface area contributed by atoms with E-state index in [1.807, 2.05) is 0 Å². The van der Waals surface area contributed by atoms with Crippen LogP contribution in [-0.4, -0.2) is 40.4 Å². The van der Waals surface area contributed by atoms with Crippen LogP contribution in [-0.2, 0) is 4.79 Å². The molecule has 0 aromatic carbocycles. The van der Waals surface area contributed by atoms with E-state index >= 15 is 0 Å². The predicted octanol–water partition coefficient (Wildman–Crippen LogP) is 0.359. The Morgan fingerprint density at radius 3 is 3.06 bits per heavy atom. The van der Waals surface area contributed by atoms with Gasteiger partial charge in [-0.2, -0.15) is 0 Å². The smallest absolute Gasteiger partial charge is 0.221 e. The number of nitrogens with zero attached hydrogens (tertiary/aromatic N) is 3. The standard InChI is InChI=1S/C11H16N4O/c1-9(10-8-12-3-4-13-10)15-6-2-11(16)14-5-7-15/h3-4,8-9H,2,5-7H2,1H3,(H,14,16). The van der Waals surface area contributed by atoms with Crippen LogP contribution < -0.4 is 5.32 Å². The molecule has 1 N–H and O–H groups in total. The molecule has 1 unspecified atom stereocenters. The lowest BCUT2D eigenvalue weighted by molar-refractivity contribution is -0.120. The van der Waals surface area contributed by atoms with Crippen molar-refractivity contribution in [1.29, 1.82) is 0 Å². The summed E-state index contributed by atoms with van der Waals surface area (Å²) in [5, 5.41) is 2.86. The Bertz CT molecular complexity index is 354. The molecule has 0 saturated carbocycles. The highest BCUT2D eigenvalue weighted by Crippen LogP contribution is 2.17. The molecule has 1 amide bonds. The van der Waals surface area contributed by atoms with Crippen LogP contribution >= 0.6 is 0 Å². The molecule has 2 rings (SSSR count). The molecule has 1 aliphatic rings. The van der Waals surface area contributed by atoms with E-state index in [0.29, 0.717) is 13.0 Å². The van der Waals surface area contributed by atoms with Gasteiger partial charge in [-0.15, -0.1) is 0 Å². The van der Waals surface area contributed by atoms with E-state index in [2.05, 4.69) is 27.1 Å². The molecule has 5 heteroatoms. The fraction of sp³-hybridized carbons (Fsp3) is 0.545. The monoisotopic (exact) mass is 220 g/mol. The van der Waals surface area contributed by atoms with Gasteiger partial charge < -0.3 is 5.32 Å². The first-order chi connectivity index (χ1) is 7.77. The lowest BCUT2D eigenvalue weighted by Gasteiger charge is -2.25. The zero-order valence-electron chi connectivity index (χ0n) is 9.39. The topological polar surface area (TPSA) is 58.1 Å². The minimum atomic E-state index is 0.133. The summed E-state index contributed by atoms with van der Waals surface area (Å²) in [6, 6.07) is 0.210. The Kier molecular flexibility index (Phi) is 3.46. The van der Waals surface area contributed by atoms with Crippen molar-refractivity contribution in [3.05, 3.63) is 24.3 Å². The van der Waals surface area contributed by atoms with Gasteiger partial charge in [0.25, 0.3) is 0 Å². The van der Waals surface area contributed by atoms with E-state index in [-0.39, 0.29) is 11.9 Å². The molecule has 5 nitrogen and oxygen atoms in total. The van der Waals surface area contributed by atoms with Gasteiger partial charge in [-0.25, -0.2) is 0 Å². The highest BCUT2D eigenvalue weighted by atomic mass is 16.1. The van der Waals surface area contributed by atoms with E-state index < -0.39 is 0 Å². The molecular weight excluding hydrogens is 204 g/mol. The van der Waals surface area contributed by atoms with E-state index in [0.717, 1.165) is 18.8 Å². The van der Waals surface area contributed by atoms with Crippen molar-refractivity contribution < 1.29 is 4.79 Å². The first kappa shape index (κ1) is 11.0. The molecule has 86 valence electrons. The number of aromatic nitrogens is 2. The average molecular weight is 220 g/mol. The molecule has 1 atom stereocenters. The molecule has 1 aromatic rings. The van der Waals surface area contributed by atoms with E-state index in [1.54, 1.807) is 18.6 Å². The van der Waals surface area contributed by atoms with Crippen molar-refractivity contribution in [3.8, 4) is 0 Å². The van der Waals surface area contributed by atoms with Gasteiger partial charge in [0, 0.05) is 44.6 Å². The number of nitrogens with one attached hydrogen (secondary N) is 1. The first-order valence-corrected chi connectivity index (χ1v) is 5.54. The summed E-state index contributed by atoms with van der Waals surface area (Å²) >= 11 is 0. The number of hydrogen-bond donors (Lipinski definition) is 1. The number of amides is 1. The Labute approximate surface area is 94.9 Å². The van der Waals surface area contributed by atoms with Crippen LogP contribution in [0.2, 0.25) is 0 Å². The number of hydrogen-bond acceptors (Lipinski definition) is 4. The SMILES string of the molecule is CC(c1cnccn1)N1CCNC(=O)CC1. The van der Waals surface area contributed by atoms with Crippen LogP contribution in [0.5, 0.6) is 0 Å². The molecule has 0 radical (unpaired) electrons. The van der Waals surface area contributed by atoms with Crippen LogP contribution in [0.4, 0.5) is 0 Å². The van der Waals surface area contributed by atoms with Crippen LogP contribution in [0, 0.1) is 0 Å². The Balaban J connectivity index is 2.04. The van der Waals surface area contributed by atoms with Crippen molar-refractivity contribution in [3.63, 3.8) is 0 Å². The molecule has 1 aromatic heterocycles. The van der Waals surface area contributed by atoms with Gasteiger partial charge in [0.15, 0.2) is 0 Å². The normalized spacial score (nSPS) is 19.9. The van der Waals surface area contributed by atoms with Crippen molar-refractivity contribution in [2.24, 2.45) is 0 Å². The maximum atomic E-state index is 11.2. The predicted molar refractivity (Wildman–Crippen MR) is 59.6 cm³/mol. The minimum Gasteiger partial charge on any atom is -0.355 e. The molecule has 1 fully saturated rings. The van der Waals surface area contributed by atoms with E-state index in [9.17, 15) is 4.79 Å². The summed E-state index contributed by atoms with van der Waals surface area (Å²) in [4.78, 5) is 21.8. The second-order valence-corrected chi connectivity index (χ2v) is 3.94. The lowest BCUT2D eigenvalue weighted by atomic mass is 10.2. The second kappa shape index (κ2) is 5.03. The third kappa shape index (κ3) is 2.55. The number of carbonyl (C=O) groups is 1. The molecule has 2 heterocycles. The fourth-order valence-electron chi connectivity index (χ4n) is 1.88. The summed E-state index contributed by atoms with van der Waals surface area (Å²) in [6.45, 7) is 4.45. The van der Waals surface area contributed by atoms with Crippen molar-refractivity contribution >= 4 is 5.91 Å². The molecule has 0 bridgehead atoms. The van der Waals surface area contributed by atoms with Crippen molar-refractivity contribution in [2.75, 3.05) is 19.6 Å². The summed E-state index contributed by atoms with van der Waals surface area (Å²) in [7, 11) is 0. The lowest BCUT2D eigenvalue weighted by Crippen LogP contribution is -2.31. The van der Waals surface area contributed by atoms with Gasteiger partial charge in [0.05, 0.1) is 11.7 Å². The van der Waals surface area contributed by atoms with Crippen LogP contribution in [0.3, 0.4) is 0 Å². The van der Waals surface area contributed by atoms with Crippen molar-refractivity contribution in [2.45, 2.75) is 19.4 Å². The molecule has 0 spiro atoms. The summed E-state index contributed by atoms with van der Waals surface area (Å²) in [5.41, 5.74) is 0.955. The molecule has 1 saturated heterocycles. The zero-order valence-corrected chi connectivity index (χ0v) is 9.39.